The van der Waals surface area contributed by atoms with Crippen molar-refractivity contribution in [3.63, 3.8) is 0 Å². The van der Waals surface area contributed by atoms with Crippen molar-refractivity contribution < 1.29 is 14.1 Å². The highest BCUT2D eigenvalue weighted by atomic mass is 16.7. The zero-order valence-electron chi connectivity index (χ0n) is 14.4. The van der Waals surface area contributed by atoms with Crippen LogP contribution >= 0.6 is 0 Å². The number of hydrogen-bond donors (Lipinski definition) is 1. The molecule has 1 heterocycles. The van der Waals surface area contributed by atoms with Gasteiger partial charge in [0.25, 0.3) is 5.91 Å². The van der Waals surface area contributed by atoms with Crippen LogP contribution in [0.4, 0.5) is 0 Å². The Labute approximate surface area is 133 Å². The molecule has 1 amide bonds. The molecular weight excluding hydrogens is 277 g/mol. The van der Waals surface area contributed by atoms with E-state index < -0.39 is 18.3 Å². The lowest BCUT2D eigenvalue weighted by Crippen LogP contribution is -2.42. The minimum atomic E-state index is -0.524. The molecule has 1 fully saturated rings. The van der Waals surface area contributed by atoms with E-state index in [1.54, 1.807) is 0 Å². The predicted octanol–water partition coefficient (Wildman–Crippen LogP) is 2.51. The molecule has 1 aliphatic heterocycles. The van der Waals surface area contributed by atoms with E-state index in [9.17, 15) is 4.79 Å². The first kappa shape index (κ1) is 17.0. The van der Waals surface area contributed by atoms with Crippen molar-refractivity contribution in [3.05, 3.63) is 29.8 Å². The molecule has 22 heavy (non-hydrogen) atoms. The van der Waals surface area contributed by atoms with Gasteiger partial charge in [-0.3, -0.25) is 4.79 Å². The minimum Gasteiger partial charge on any atom is -0.399 e. The van der Waals surface area contributed by atoms with Gasteiger partial charge in [0, 0.05) is 11.6 Å². The molecule has 1 atom stereocenters. The first-order chi connectivity index (χ1) is 10.2. The molecule has 1 N–H and O–H groups in total. The summed E-state index contributed by atoms with van der Waals surface area (Å²) in [6, 6.07) is 7.62. The van der Waals surface area contributed by atoms with Crippen molar-refractivity contribution in [2.24, 2.45) is 0 Å². The van der Waals surface area contributed by atoms with Gasteiger partial charge in [0.05, 0.1) is 11.2 Å². The van der Waals surface area contributed by atoms with Crippen LogP contribution in [0.1, 0.15) is 58.3 Å². The van der Waals surface area contributed by atoms with Crippen LogP contribution in [-0.4, -0.2) is 30.3 Å². The van der Waals surface area contributed by atoms with Gasteiger partial charge in [0.1, 0.15) is 0 Å². The number of benzene rings is 1. The molecule has 120 valence electrons. The minimum absolute atomic E-state index is 0.0836. The lowest BCUT2D eigenvalue weighted by Gasteiger charge is -2.32. The Hall–Kier alpha value is -1.33. The zero-order chi connectivity index (χ0) is 16.5. The number of carbonyl (C=O) groups is 1. The van der Waals surface area contributed by atoms with Gasteiger partial charge in [-0.25, -0.2) is 0 Å². The maximum atomic E-state index is 12.5. The van der Waals surface area contributed by atoms with E-state index in [0.29, 0.717) is 5.56 Å². The summed E-state index contributed by atoms with van der Waals surface area (Å²) in [5.74, 6) is -0.0836. The summed E-state index contributed by atoms with van der Waals surface area (Å²) in [4.78, 5) is 12.5. The quantitative estimate of drug-likeness (QED) is 0.870. The van der Waals surface area contributed by atoms with Gasteiger partial charge in [-0.05, 0) is 52.6 Å². The number of carbonyl (C=O) groups excluding carboxylic acids is 1. The van der Waals surface area contributed by atoms with Gasteiger partial charge in [0.2, 0.25) is 0 Å². The van der Waals surface area contributed by atoms with E-state index in [1.807, 2.05) is 65.8 Å². The van der Waals surface area contributed by atoms with E-state index in [4.69, 9.17) is 9.31 Å². The van der Waals surface area contributed by atoms with E-state index in [1.165, 1.54) is 0 Å². The Balaban J connectivity index is 2.29. The molecule has 0 bridgehead atoms. The fraction of sp³-hybridized carbons (Fsp3) is 0.588. The second-order valence-electron chi connectivity index (χ2n) is 6.96. The van der Waals surface area contributed by atoms with Crippen molar-refractivity contribution in [1.82, 2.24) is 5.32 Å². The van der Waals surface area contributed by atoms with E-state index in [-0.39, 0.29) is 11.9 Å². The first-order valence-corrected chi connectivity index (χ1v) is 7.93. The topological polar surface area (TPSA) is 47.6 Å². The molecule has 0 spiro atoms. The molecule has 4 nitrogen and oxygen atoms in total. The normalized spacial score (nSPS) is 20.7. The molecule has 1 aromatic carbocycles. The number of hydrogen-bond acceptors (Lipinski definition) is 3. The van der Waals surface area contributed by atoms with Crippen molar-refractivity contribution in [2.75, 3.05) is 0 Å². The molecule has 0 saturated carbocycles. The maximum Gasteiger partial charge on any atom is 0.495 e. The molecule has 1 aromatic rings. The monoisotopic (exact) mass is 303 g/mol. The molecular formula is C17H26BNO3. The number of amides is 1. The van der Waals surface area contributed by atoms with Gasteiger partial charge < -0.3 is 14.6 Å². The smallest absolute Gasteiger partial charge is 0.399 e. The Bertz CT molecular complexity index is 541. The summed E-state index contributed by atoms with van der Waals surface area (Å²) < 4.78 is 12.1. The molecule has 5 heteroatoms. The zero-order valence-corrected chi connectivity index (χ0v) is 14.4. The molecule has 0 aliphatic carbocycles. The Morgan fingerprint density at radius 2 is 1.73 bits per heavy atom. The molecule has 2 rings (SSSR count). The van der Waals surface area contributed by atoms with Gasteiger partial charge in [-0.1, -0.05) is 25.1 Å². The van der Waals surface area contributed by atoms with Crippen LogP contribution in [-0.2, 0) is 9.31 Å². The fourth-order valence-corrected chi connectivity index (χ4v) is 2.28. The Kier molecular flexibility index (Phi) is 4.69. The van der Waals surface area contributed by atoms with Crippen molar-refractivity contribution in [2.45, 2.75) is 65.2 Å². The van der Waals surface area contributed by atoms with Crippen molar-refractivity contribution >= 4 is 18.5 Å². The van der Waals surface area contributed by atoms with Crippen LogP contribution in [0.2, 0.25) is 0 Å². The molecule has 1 saturated heterocycles. The number of rotatable bonds is 4. The third-order valence-electron chi connectivity index (χ3n) is 4.70. The summed E-state index contributed by atoms with van der Waals surface area (Å²) in [5, 5.41) is 3.00. The average molecular weight is 303 g/mol. The van der Waals surface area contributed by atoms with Gasteiger partial charge in [-0.15, -0.1) is 0 Å². The second kappa shape index (κ2) is 6.05. The lowest BCUT2D eigenvalue weighted by molar-refractivity contribution is 0.00578. The highest BCUT2D eigenvalue weighted by Gasteiger charge is 2.52. The molecule has 1 unspecified atom stereocenters. The third-order valence-corrected chi connectivity index (χ3v) is 4.70. The van der Waals surface area contributed by atoms with Gasteiger partial charge in [0.15, 0.2) is 0 Å². The van der Waals surface area contributed by atoms with Gasteiger partial charge >= 0.3 is 7.12 Å². The fourth-order valence-electron chi connectivity index (χ4n) is 2.28. The van der Waals surface area contributed by atoms with E-state index in [0.717, 1.165) is 11.9 Å². The summed E-state index contributed by atoms with van der Waals surface area (Å²) in [6.45, 7) is 12.1. The van der Waals surface area contributed by atoms with Crippen LogP contribution in [0.15, 0.2) is 24.3 Å². The van der Waals surface area contributed by atoms with Crippen molar-refractivity contribution in [1.29, 1.82) is 0 Å². The van der Waals surface area contributed by atoms with E-state index in [2.05, 4.69) is 5.32 Å². The summed E-state index contributed by atoms with van der Waals surface area (Å²) in [6.07, 6.45) is 0.893. The van der Waals surface area contributed by atoms with Crippen LogP contribution in [0.5, 0.6) is 0 Å². The highest BCUT2D eigenvalue weighted by Crippen LogP contribution is 2.36. The number of nitrogens with one attached hydrogen (secondary N) is 1. The molecule has 0 aromatic heterocycles. The highest BCUT2D eigenvalue weighted by molar-refractivity contribution is 6.63. The second-order valence-corrected chi connectivity index (χ2v) is 6.96. The Morgan fingerprint density at radius 1 is 1.18 bits per heavy atom. The standard InChI is InChI=1S/C17H26BNO3/c1-7-12(2)19-15(20)13-10-8-9-11-14(13)18-21-16(3,4)17(5,6)22-18/h8-12H,7H2,1-6H3,(H,19,20). The third kappa shape index (κ3) is 3.20. The largest absolute Gasteiger partial charge is 0.495 e. The van der Waals surface area contributed by atoms with Crippen molar-refractivity contribution in [3.8, 4) is 0 Å². The Morgan fingerprint density at radius 3 is 2.27 bits per heavy atom. The maximum absolute atomic E-state index is 12.5. The lowest BCUT2D eigenvalue weighted by atomic mass is 9.75. The van der Waals surface area contributed by atoms with E-state index >= 15 is 0 Å². The van der Waals surface area contributed by atoms with Gasteiger partial charge in [-0.2, -0.15) is 0 Å². The predicted molar refractivity (Wildman–Crippen MR) is 89.4 cm³/mol. The molecule has 1 aliphatic rings. The van der Waals surface area contributed by atoms with Crippen LogP contribution in [0, 0.1) is 0 Å². The van der Waals surface area contributed by atoms with Crippen LogP contribution in [0.25, 0.3) is 0 Å². The first-order valence-electron chi connectivity index (χ1n) is 7.93. The van der Waals surface area contributed by atoms with Crippen LogP contribution < -0.4 is 10.8 Å². The summed E-state index contributed by atoms with van der Waals surface area (Å²) in [5.41, 5.74) is 0.555. The average Bonchev–Trinajstić information content (AvgIpc) is 2.67. The van der Waals surface area contributed by atoms with Crippen LogP contribution in [0.3, 0.4) is 0 Å². The summed E-state index contributed by atoms with van der Waals surface area (Å²) in [7, 11) is -0.524. The molecule has 0 radical (unpaired) electrons. The summed E-state index contributed by atoms with van der Waals surface area (Å²) >= 11 is 0. The SMILES string of the molecule is CCC(C)NC(=O)c1ccccc1B1OC(C)(C)C(C)(C)O1.